The molecule has 0 aliphatic rings. The molecular weight excluding hydrogens is 1070 g/mol. The Labute approximate surface area is 471 Å². The molecule has 0 bridgehead atoms. The van der Waals surface area contributed by atoms with Gasteiger partial charge in [-0.1, -0.05) is 72.8 Å². The van der Waals surface area contributed by atoms with E-state index in [1.54, 1.807) is 72.8 Å². The molecule has 0 amide bonds. The molecule has 18 nitrogen and oxygen atoms in total. The lowest BCUT2D eigenvalue weighted by Gasteiger charge is -2.17. The number of hydrogen-bond donors (Lipinski definition) is 6. The van der Waals surface area contributed by atoms with E-state index in [0.717, 1.165) is 0 Å². The fourth-order valence-corrected chi connectivity index (χ4v) is 10.5. The number of aromatic nitrogens is 6. The molecule has 18 heteroatoms. The minimum atomic E-state index is -1.16. The molecule has 0 radical (unpaired) electrons. The maximum Gasteiger partial charge on any atom is 0.335 e. The molecule has 13 rings (SSSR count). The molecule has 84 heavy (non-hydrogen) atoms. The van der Waals surface area contributed by atoms with Crippen molar-refractivity contribution in [3.8, 4) is 67.5 Å². The second kappa shape index (κ2) is 19.9. The maximum atomic E-state index is 12.3. The quantitative estimate of drug-likeness (QED) is 0.0489. The van der Waals surface area contributed by atoms with Crippen LogP contribution in [-0.4, -0.2) is 96.4 Å². The van der Waals surface area contributed by atoms with Crippen molar-refractivity contribution >= 4 is 101 Å². The van der Waals surface area contributed by atoms with Gasteiger partial charge in [0.15, 0.2) is 0 Å². The number of benzene rings is 10. The summed E-state index contributed by atoms with van der Waals surface area (Å²) in [6.45, 7) is 0. The first kappa shape index (κ1) is 51.3. The number of fused-ring (bicyclic) bond motifs is 9. The zero-order valence-corrected chi connectivity index (χ0v) is 43.1. The van der Waals surface area contributed by atoms with Crippen LogP contribution in [0.15, 0.2) is 182 Å². The van der Waals surface area contributed by atoms with Gasteiger partial charge in [-0.25, -0.2) is 58.7 Å². The van der Waals surface area contributed by atoms with Gasteiger partial charge in [0.05, 0.1) is 101 Å². The Hall–Kier alpha value is -12.2. The summed E-state index contributed by atoms with van der Waals surface area (Å²) in [5.41, 5.74) is 7.96. The molecule has 3 heterocycles. The van der Waals surface area contributed by atoms with Crippen molar-refractivity contribution in [1.29, 1.82) is 0 Å². The summed E-state index contributed by atoms with van der Waals surface area (Å²) in [6.07, 6.45) is 0. The Kier molecular flexibility index (Phi) is 12.1. The van der Waals surface area contributed by atoms with Crippen molar-refractivity contribution in [2.45, 2.75) is 0 Å². The van der Waals surface area contributed by atoms with Crippen LogP contribution in [0.3, 0.4) is 0 Å². The van der Waals surface area contributed by atoms with Crippen LogP contribution in [0.2, 0.25) is 0 Å². The van der Waals surface area contributed by atoms with Gasteiger partial charge >= 0.3 is 35.8 Å². The Morgan fingerprint density at radius 2 is 0.405 bits per heavy atom. The third kappa shape index (κ3) is 8.99. The molecular formula is C66H36N6O12. The number of carboxylic acid groups (broad SMARTS) is 6. The van der Waals surface area contributed by atoms with E-state index in [-0.39, 0.29) is 33.4 Å². The summed E-state index contributed by atoms with van der Waals surface area (Å²) >= 11 is 0. The Balaban J connectivity index is 1.14. The summed E-state index contributed by atoms with van der Waals surface area (Å²) in [5.74, 6) is -6.78. The molecule has 3 aromatic heterocycles. The van der Waals surface area contributed by atoms with Crippen LogP contribution in [0, 0.1) is 0 Å². The fourth-order valence-electron chi connectivity index (χ4n) is 10.5. The lowest BCUT2D eigenvalue weighted by molar-refractivity contribution is 0.0686. The van der Waals surface area contributed by atoms with Gasteiger partial charge < -0.3 is 30.6 Å². The van der Waals surface area contributed by atoms with Crippen LogP contribution < -0.4 is 0 Å². The molecule has 10 aromatic carbocycles. The van der Waals surface area contributed by atoms with Crippen molar-refractivity contribution < 1.29 is 59.4 Å². The van der Waals surface area contributed by atoms with Gasteiger partial charge in [0.25, 0.3) is 0 Å². The highest BCUT2D eigenvalue weighted by molar-refractivity contribution is 6.30. The molecule has 0 saturated carbocycles. The fraction of sp³-hybridized carbons (Fsp3) is 0. The van der Waals surface area contributed by atoms with Crippen molar-refractivity contribution in [2.75, 3.05) is 0 Å². The molecule has 0 saturated heterocycles. The summed E-state index contributed by atoms with van der Waals surface area (Å²) < 4.78 is 0. The van der Waals surface area contributed by atoms with E-state index >= 15 is 0 Å². The first-order chi connectivity index (χ1) is 40.5. The monoisotopic (exact) mass is 1100 g/mol. The predicted octanol–water partition coefficient (Wildman–Crippen LogP) is 13.2. The Bertz CT molecular complexity index is 4950. The zero-order chi connectivity index (χ0) is 58.2. The van der Waals surface area contributed by atoms with Gasteiger partial charge in [0, 0.05) is 33.4 Å². The second-order valence-electron chi connectivity index (χ2n) is 19.7. The molecule has 6 N–H and O–H groups in total. The van der Waals surface area contributed by atoms with Gasteiger partial charge in [-0.2, -0.15) is 0 Å². The third-order valence-corrected chi connectivity index (χ3v) is 14.7. The minimum Gasteiger partial charge on any atom is -0.478 e. The van der Waals surface area contributed by atoms with Crippen LogP contribution in [0.5, 0.6) is 0 Å². The lowest BCUT2D eigenvalue weighted by atomic mass is 9.92. The van der Waals surface area contributed by atoms with E-state index in [9.17, 15) is 59.4 Å². The maximum absolute atomic E-state index is 12.3. The van der Waals surface area contributed by atoms with Gasteiger partial charge in [-0.05, 0) is 142 Å². The molecule has 0 aliphatic carbocycles. The van der Waals surface area contributed by atoms with Crippen LogP contribution >= 0.6 is 0 Å². The van der Waals surface area contributed by atoms with Crippen LogP contribution in [0.25, 0.3) is 133 Å². The van der Waals surface area contributed by atoms with Crippen molar-refractivity contribution in [1.82, 2.24) is 29.9 Å². The lowest BCUT2D eigenvalue weighted by Crippen LogP contribution is -2.01. The molecule has 0 unspecified atom stereocenters. The third-order valence-electron chi connectivity index (χ3n) is 14.7. The van der Waals surface area contributed by atoms with Crippen molar-refractivity contribution in [2.24, 2.45) is 0 Å². The van der Waals surface area contributed by atoms with Gasteiger partial charge in [-0.15, -0.1) is 0 Å². The predicted molar refractivity (Wildman–Crippen MR) is 313 cm³/mol. The van der Waals surface area contributed by atoms with Crippen LogP contribution in [0.4, 0.5) is 0 Å². The second-order valence-corrected chi connectivity index (χ2v) is 19.7. The molecule has 0 spiro atoms. The first-order valence-corrected chi connectivity index (χ1v) is 25.6. The average molecular weight is 1110 g/mol. The SMILES string of the molecule is O=C(O)c1ccc(-c2nc3cc4c5cc6nc(-c7ccc(C(=O)O)cc7)c(-c7ccc(C(=O)O)cc7)nc6cc5c5cc6nc(-c7cccc(C(=O)O)c7)c(-c7ccc(C(=O)O)cc7)nc6cc5c4cc3nc2-c2ccc(C(=O)O)cc2)cc1. The number of carbonyl (C=O) groups is 6. The van der Waals surface area contributed by atoms with Gasteiger partial charge in [0.2, 0.25) is 0 Å². The molecule has 0 aliphatic heterocycles. The Morgan fingerprint density at radius 3 is 0.595 bits per heavy atom. The largest absolute Gasteiger partial charge is 0.478 e. The average Bonchev–Trinajstić information content (AvgIpc) is 0.890. The van der Waals surface area contributed by atoms with E-state index < -0.39 is 35.8 Å². The van der Waals surface area contributed by atoms with E-state index in [1.165, 1.54) is 72.8 Å². The zero-order valence-electron chi connectivity index (χ0n) is 43.1. The normalized spacial score (nSPS) is 11.4. The smallest absolute Gasteiger partial charge is 0.335 e. The molecule has 0 atom stereocenters. The number of carboxylic acids is 6. The minimum absolute atomic E-state index is 0.00198. The summed E-state index contributed by atoms with van der Waals surface area (Å²) in [7, 11) is 0. The number of hydrogen-bond acceptors (Lipinski definition) is 12. The van der Waals surface area contributed by atoms with E-state index in [1.807, 2.05) is 36.4 Å². The topological polar surface area (TPSA) is 301 Å². The summed E-state index contributed by atoms with van der Waals surface area (Å²) in [6, 6.07) is 48.3. The van der Waals surface area contributed by atoms with E-state index in [4.69, 9.17) is 29.9 Å². The summed E-state index contributed by atoms with van der Waals surface area (Å²) in [4.78, 5) is 104. The van der Waals surface area contributed by atoms with E-state index in [2.05, 4.69) is 0 Å². The molecule has 13 aromatic rings. The number of rotatable bonds is 12. The van der Waals surface area contributed by atoms with Gasteiger partial charge in [-0.3, -0.25) is 0 Å². The standard InChI is InChI=1S/C66H36N6O12/c73-61(74)36-14-4-31(5-15-36)55-56(32-6-16-37(17-7-32)62(75)76)69-51-27-45-43(25-49(51)67-55)44-26-50-52(70-58(34-10-20-39(21-11-34)64(79)80)57(68-50)33-8-18-38(19-9-33)63(77)78)28-46(44)48-30-54-53(29-47(45)48)71-59(35-12-22-40(23-13-35)65(81)82)60(72-54)41-2-1-3-42(24-41)66(83)84/h1-30H,(H,73,74)(H,75,76)(H,77,78)(H,79,80)(H,81,82)(H,83,84). The molecule has 402 valence electrons. The van der Waals surface area contributed by atoms with Crippen LogP contribution in [-0.2, 0) is 0 Å². The van der Waals surface area contributed by atoms with Crippen molar-refractivity contribution in [3.63, 3.8) is 0 Å². The highest BCUT2D eigenvalue weighted by Crippen LogP contribution is 2.43. The van der Waals surface area contributed by atoms with E-state index in [0.29, 0.717) is 133 Å². The highest BCUT2D eigenvalue weighted by atomic mass is 16.4. The number of aromatic carboxylic acids is 6. The first-order valence-electron chi connectivity index (χ1n) is 25.6. The van der Waals surface area contributed by atoms with Gasteiger partial charge in [0.1, 0.15) is 0 Å². The summed E-state index contributed by atoms with van der Waals surface area (Å²) in [5, 5.41) is 63.0. The van der Waals surface area contributed by atoms with Crippen LogP contribution in [0.1, 0.15) is 62.1 Å². The number of nitrogens with zero attached hydrogens (tertiary/aromatic N) is 6. The Morgan fingerprint density at radius 1 is 0.214 bits per heavy atom. The van der Waals surface area contributed by atoms with Crippen molar-refractivity contribution in [3.05, 3.63) is 215 Å². The molecule has 0 fully saturated rings. The highest BCUT2D eigenvalue weighted by Gasteiger charge is 2.23.